The molecule has 1 N–H and O–H groups in total. The van der Waals surface area contributed by atoms with E-state index in [0.29, 0.717) is 0 Å². The summed E-state index contributed by atoms with van der Waals surface area (Å²) in [5.74, 6) is 1.18. The zero-order valence-electron chi connectivity index (χ0n) is 13.2. The third kappa shape index (κ3) is 2.93. The lowest BCUT2D eigenvalue weighted by Gasteiger charge is -2.05. The molecule has 0 amide bonds. The van der Waals surface area contributed by atoms with Crippen LogP contribution < -0.4 is 4.57 Å². The van der Waals surface area contributed by atoms with Crippen LogP contribution >= 0.6 is 11.6 Å². The number of benzene rings is 3. The number of para-hydroxylation sites is 2. The molecule has 0 bridgehead atoms. The molecule has 0 atom stereocenters. The number of halogens is 1. The molecule has 1 heterocycles. The van der Waals surface area contributed by atoms with Crippen LogP contribution in [0.4, 0.5) is 0 Å². The molecule has 24 heavy (non-hydrogen) atoms. The molecule has 0 fully saturated rings. The first-order chi connectivity index (χ1) is 11.8. The zero-order valence-corrected chi connectivity index (χ0v) is 14.0. The van der Waals surface area contributed by atoms with Gasteiger partial charge in [-0.15, -0.1) is 0 Å². The van der Waals surface area contributed by atoms with Crippen molar-refractivity contribution in [1.82, 2.24) is 4.98 Å². The number of hydrogen-bond donors (Lipinski definition) is 1. The van der Waals surface area contributed by atoms with Gasteiger partial charge in [-0.3, -0.25) is 0 Å². The standard InChI is InChI=1S/C21H17ClN2/c22-18-11-5-4-10-17(18)15-24-20-13-7-6-12-19(20)23-21(24)14-16-8-2-1-3-9-16/h1-13H,14-15H2/p+1. The minimum Gasteiger partial charge on any atom is -0.240 e. The maximum absolute atomic E-state index is 6.38. The Hall–Kier alpha value is -2.58. The maximum atomic E-state index is 6.38. The number of hydrogen-bond acceptors (Lipinski definition) is 0. The first kappa shape index (κ1) is 15.0. The van der Waals surface area contributed by atoms with Gasteiger partial charge in [-0.25, -0.2) is 9.55 Å². The first-order valence-electron chi connectivity index (χ1n) is 8.08. The molecule has 4 aromatic rings. The summed E-state index contributed by atoms with van der Waals surface area (Å²) in [6.07, 6.45) is 0.861. The van der Waals surface area contributed by atoms with Gasteiger partial charge in [0.05, 0.1) is 6.42 Å². The Bertz CT molecular complexity index is 973. The van der Waals surface area contributed by atoms with Gasteiger partial charge in [-0.05, 0) is 23.8 Å². The predicted molar refractivity (Wildman–Crippen MR) is 98.3 cm³/mol. The normalized spacial score (nSPS) is 11.0. The number of aromatic nitrogens is 2. The largest absolute Gasteiger partial charge is 0.259 e. The smallest absolute Gasteiger partial charge is 0.240 e. The molecular weight excluding hydrogens is 316 g/mol. The van der Waals surface area contributed by atoms with Crippen molar-refractivity contribution in [2.24, 2.45) is 0 Å². The number of rotatable bonds is 4. The highest BCUT2D eigenvalue weighted by Crippen LogP contribution is 2.17. The number of imidazole rings is 1. The second-order valence-electron chi connectivity index (χ2n) is 5.93. The molecule has 0 radical (unpaired) electrons. The van der Waals surface area contributed by atoms with Crippen LogP contribution in [0.2, 0.25) is 5.02 Å². The van der Waals surface area contributed by atoms with Crippen molar-refractivity contribution in [3.05, 3.63) is 101 Å². The van der Waals surface area contributed by atoms with Gasteiger partial charge in [0.1, 0.15) is 6.54 Å². The average molecular weight is 334 g/mol. The average Bonchev–Trinajstić information content (AvgIpc) is 2.95. The Morgan fingerprint density at radius 2 is 1.50 bits per heavy atom. The quantitative estimate of drug-likeness (QED) is 0.520. The summed E-state index contributed by atoms with van der Waals surface area (Å²) in [4.78, 5) is 3.57. The van der Waals surface area contributed by atoms with E-state index < -0.39 is 0 Å². The summed E-state index contributed by atoms with van der Waals surface area (Å²) in [7, 11) is 0. The van der Waals surface area contributed by atoms with E-state index in [1.54, 1.807) is 0 Å². The Labute approximate surface area is 146 Å². The second kappa shape index (κ2) is 6.50. The van der Waals surface area contributed by atoms with E-state index in [0.717, 1.165) is 29.1 Å². The fraction of sp³-hybridized carbons (Fsp3) is 0.0952. The topological polar surface area (TPSA) is 19.7 Å². The van der Waals surface area contributed by atoms with Crippen molar-refractivity contribution in [3.8, 4) is 0 Å². The Morgan fingerprint density at radius 1 is 0.792 bits per heavy atom. The summed E-state index contributed by atoms with van der Waals surface area (Å²) in [5.41, 5.74) is 4.76. The van der Waals surface area contributed by atoms with Crippen LogP contribution in [-0.4, -0.2) is 4.98 Å². The molecule has 0 unspecified atom stereocenters. The highest BCUT2D eigenvalue weighted by Gasteiger charge is 2.19. The molecule has 118 valence electrons. The minimum absolute atomic E-state index is 0.756. The van der Waals surface area contributed by atoms with Crippen molar-refractivity contribution in [2.45, 2.75) is 13.0 Å². The highest BCUT2D eigenvalue weighted by atomic mass is 35.5. The van der Waals surface area contributed by atoms with Crippen LogP contribution in [0.1, 0.15) is 17.0 Å². The van der Waals surface area contributed by atoms with Crippen molar-refractivity contribution < 1.29 is 4.57 Å². The molecule has 3 aromatic carbocycles. The molecule has 0 aliphatic carbocycles. The summed E-state index contributed by atoms with van der Waals surface area (Å²) < 4.78 is 2.32. The van der Waals surface area contributed by atoms with Gasteiger partial charge in [-0.2, -0.15) is 0 Å². The van der Waals surface area contributed by atoms with E-state index >= 15 is 0 Å². The summed E-state index contributed by atoms with van der Waals surface area (Å²) in [6.45, 7) is 0.756. The molecule has 0 aliphatic rings. The van der Waals surface area contributed by atoms with Crippen molar-refractivity contribution >= 4 is 22.6 Å². The van der Waals surface area contributed by atoms with Gasteiger partial charge in [0, 0.05) is 10.6 Å². The minimum atomic E-state index is 0.756. The Kier molecular flexibility index (Phi) is 4.06. The lowest BCUT2D eigenvalue weighted by molar-refractivity contribution is -0.669. The fourth-order valence-corrected chi connectivity index (χ4v) is 3.28. The summed E-state index contributed by atoms with van der Waals surface area (Å²) >= 11 is 6.38. The number of H-pyrrole nitrogens is 1. The van der Waals surface area contributed by atoms with E-state index in [-0.39, 0.29) is 0 Å². The highest BCUT2D eigenvalue weighted by molar-refractivity contribution is 6.31. The van der Waals surface area contributed by atoms with Crippen LogP contribution in [0.3, 0.4) is 0 Å². The molecule has 0 saturated carbocycles. The number of nitrogens with zero attached hydrogens (tertiary/aromatic N) is 1. The van der Waals surface area contributed by atoms with E-state index in [1.807, 2.05) is 24.3 Å². The van der Waals surface area contributed by atoms with Crippen molar-refractivity contribution in [1.29, 1.82) is 0 Å². The number of fused-ring (bicyclic) bond motifs is 1. The second-order valence-corrected chi connectivity index (χ2v) is 6.34. The van der Waals surface area contributed by atoms with Crippen LogP contribution in [-0.2, 0) is 13.0 Å². The SMILES string of the molecule is Clc1ccccc1C[n+]1c(Cc2ccccc2)[nH]c2ccccc21. The lowest BCUT2D eigenvalue weighted by Crippen LogP contribution is -2.38. The van der Waals surface area contributed by atoms with Crippen LogP contribution in [0.25, 0.3) is 11.0 Å². The maximum Gasteiger partial charge on any atom is 0.259 e. The van der Waals surface area contributed by atoms with Gasteiger partial charge in [0.15, 0.2) is 11.0 Å². The van der Waals surface area contributed by atoms with Crippen LogP contribution in [0.15, 0.2) is 78.9 Å². The summed E-state index contributed by atoms with van der Waals surface area (Å²) in [6, 6.07) is 27.0. The Morgan fingerprint density at radius 3 is 2.33 bits per heavy atom. The molecule has 2 nitrogen and oxygen atoms in total. The zero-order chi connectivity index (χ0) is 16.4. The molecule has 0 aliphatic heterocycles. The van der Waals surface area contributed by atoms with Gasteiger partial charge in [0.25, 0.3) is 5.82 Å². The first-order valence-corrected chi connectivity index (χ1v) is 8.46. The fourth-order valence-electron chi connectivity index (χ4n) is 3.09. The van der Waals surface area contributed by atoms with Crippen molar-refractivity contribution in [3.63, 3.8) is 0 Å². The predicted octanol–water partition coefficient (Wildman–Crippen LogP) is 4.75. The molecule has 0 saturated heterocycles. The summed E-state index contributed by atoms with van der Waals surface area (Å²) in [5, 5.41) is 0.806. The van der Waals surface area contributed by atoms with E-state index in [9.17, 15) is 0 Å². The Balaban J connectivity index is 1.80. The van der Waals surface area contributed by atoms with Gasteiger partial charge in [-0.1, -0.05) is 72.3 Å². The molecular formula is C21H18ClN2+. The van der Waals surface area contributed by atoms with E-state index in [4.69, 9.17) is 11.6 Å². The van der Waals surface area contributed by atoms with Crippen LogP contribution in [0, 0.1) is 0 Å². The number of nitrogens with one attached hydrogen (secondary N) is 1. The lowest BCUT2D eigenvalue weighted by atomic mass is 10.1. The van der Waals surface area contributed by atoms with E-state index in [1.165, 1.54) is 16.9 Å². The molecule has 1 aromatic heterocycles. The third-order valence-electron chi connectivity index (χ3n) is 4.30. The number of aromatic amines is 1. The third-order valence-corrected chi connectivity index (χ3v) is 4.67. The molecule has 3 heteroatoms. The van der Waals surface area contributed by atoms with Gasteiger partial charge >= 0.3 is 0 Å². The van der Waals surface area contributed by atoms with Gasteiger partial charge < -0.3 is 0 Å². The van der Waals surface area contributed by atoms with Crippen LogP contribution in [0.5, 0.6) is 0 Å². The van der Waals surface area contributed by atoms with Crippen molar-refractivity contribution in [2.75, 3.05) is 0 Å². The molecule has 0 spiro atoms. The van der Waals surface area contributed by atoms with Gasteiger partial charge in [0.2, 0.25) is 0 Å². The molecule has 4 rings (SSSR count). The van der Waals surface area contributed by atoms with E-state index in [2.05, 4.69) is 64.1 Å². The monoisotopic (exact) mass is 333 g/mol.